The number of amides is 1. The van der Waals surface area contributed by atoms with Crippen molar-refractivity contribution in [3.63, 3.8) is 0 Å². The van der Waals surface area contributed by atoms with Crippen molar-refractivity contribution in [2.75, 3.05) is 16.8 Å². The van der Waals surface area contributed by atoms with Gasteiger partial charge in [-0.05, 0) is 70.3 Å². The molecule has 0 aliphatic carbocycles. The van der Waals surface area contributed by atoms with Crippen LogP contribution in [-0.2, 0) is 0 Å². The molecule has 10 heteroatoms. The van der Waals surface area contributed by atoms with Gasteiger partial charge in [0.2, 0.25) is 0 Å². The van der Waals surface area contributed by atoms with Crippen LogP contribution in [-0.4, -0.2) is 16.7 Å². The van der Waals surface area contributed by atoms with E-state index in [2.05, 4.69) is 16.4 Å². The highest BCUT2D eigenvalue weighted by atomic mass is 32.1. The second-order valence-electron chi connectivity index (χ2n) is 7.64. The first-order chi connectivity index (χ1) is 17.5. The van der Waals surface area contributed by atoms with E-state index in [9.17, 15) is 14.9 Å². The van der Waals surface area contributed by atoms with Crippen molar-refractivity contribution in [1.82, 2.24) is 4.98 Å². The maximum absolute atomic E-state index is 13.1. The minimum atomic E-state index is -0.416. The molecule has 0 aliphatic heterocycles. The number of fused-ring (bicyclic) bond motifs is 1. The topological polar surface area (TPSA) is 135 Å². The second kappa shape index (κ2) is 9.75. The minimum absolute atomic E-state index is 0.0905. The molecule has 176 valence electrons. The Bertz CT molecular complexity index is 1660. The maximum Gasteiger partial charge on any atom is 0.267 e. The molecule has 0 saturated carbocycles. The number of hydrogen-bond acceptors (Lipinski definition) is 9. The molecule has 36 heavy (non-hydrogen) atoms. The molecule has 0 aliphatic rings. The fourth-order valence-corrected chi connectivity index (χ4v) is 5.97. The number of carbonyl (C=O) groups is 2. The van der Waals surface area contributed by atoms with Crippen molar-refractivity contribution in [3.8, 4) is 17.2 Å². The van der Waals surface area contributed by atoms with Crippen LogP contribution in [0.3, 0.4) is 0 Å². The highest BCUT2D eigenvalue weighted by Gasteiger charge is 2.24. The number of aromatic nitrogens is 1. The van der Waals surface area contributed by atoms with Crippen molar-refractivity contribution in [3.05, 3.63) is 85.6 Å². The smallest absolute Gasteiger partial charge is 0.267 e. The number of nitriles is 1. The Balaban J connectivity index is 1.42. The summed E-state index contributed by atoms with van der Waals surface area (Å²) < 4.78 is 0. The average molecular weight is 528 g/mol. The summed E-state index contributed by atoms with van der Waals surface area (Å²) in [6, 6.07) is 14.5. The number of carbonyl (C=O) groups excluding carboxylic acids is 2. The van der Waals surface area contributed by atoms with Gasteiger partial charge in [-0.25, -0.2) is 4.98 Å². The molecular formula is C26H17N5O2S3. The van der Waals surface area contributed by atoms with Crippen LogP contribution < -0.4 is 16.8 Å². The van der Waals surface area contributed by atoms with E-state index in [1.54, 1.807) is 41.7 Å². The number of hydrogen-bond donors (Lipinski definition) is 3. The van der Waals surface area contributed by atoms with Gasteiger partial charge in [-0.3, -0.25) is 9.59 Å². The zero-order chi connectivity index (χ0) is 25.2. The minimum Gasteiger partial charge on any atom is -0.397 e. The van der Waals surface area contributed by atoms with E-state index in [1.807, 2.05) is 34.3 Å². The van der Waals surface area contributed by atoms with Crippen molar-refractivity contribution < 1.29 is 9.59 Å². The molecule has 4 heterocycles. The molecule has 5 aromatic rings. The summed E-state index contributed by atoms with van der Waals surface area (Å²) in [4.78, 5) is 31.6. The van der Waals surface area contributed by atoms with Crippen LogP contribution in [0.2, 0.25) is 0 Å². The number of nitrogens with zero attached hydrogens (tertiary/aromatic N) is 2. The lowest BCUT2D eigenvalue weighted by molar-refractivity contribution is 0.102. The van der Waals surface area contributed by atoms with Gasteiger partial charge < -0.3 is 16.8 Å². The lowest BCUT2D eigenvalue weighted by Crippen LogP contribution is -2.12. The molecule has 0 unspecified atom stereocenters. The number of nitrogen functional groups attached to an aromatic ring is 2. The fourth-order valence-electron chi connectivity index (χ4n) is 3.69. The molecule has 7 nitrogen and oxygen atoms in total. The number of thiophene rings is 3. The van der Waals surface area contributed by atoms with E-state index in [4.69, 9.17) is 11.5 Å². The van der Waals surface area contributed by atoms with Crippen LogP contribution in [0.15, 0.2) is 64.7 Å². The van der Waals surface area contributed by atoms with Gasteiger partial charge >= 0.3 is 0 Å². The predicted molar refractivity (Wildman–Crippen MR) is 149 cm³/mol. The maximum atomic E-state index is 13.1. The highest BCUT2D eigenvalue weighted by Crippen LogP contribution is 2.43. The summed E-state index contributed by atoms with van der Waals surface area (Å²) in [7, 11) is 0. The van der Waals surface area contributed by atoms with Gasteiger partial charge in [0.25, 0.3) is 5.91 Å². The summed E-state index contributed by atoms with van der Waals surface area (Å²) >= 11 is 4.14. The molecule has 1 amide bonds. The Morgan fingerprint density at radius 2 is 1.89 bits per heavy atom. The lowest BCUT2D eigenvalue weighted by Gasteiger charge is -2.08. The van der Waals surface area contributed by atoms with E-state index in [0.717, 1.165) is 21.8 Å². The number of anilines is 3. The molecule has 0 radical (unpaired) electrons. The summed E-state index contributed by atoms with van der Waals surface area (Å²) in [5.41, 5.74) is 15.3. The number of benzene rings is 1. The summed E-state index contributed by atoms with van der Waals surface area (Å²) in [5, 5.41) is 18.8. The van der Waals surface area contributed by atoms with E-state index >= 15 is 0 Å². The van der Waals surface area contributed by atoms with Gasteiger partial charge in [0.1, 0.15) is 27.2 Å². The van der Waals surface area contributed by atoms with Gasteiger partial charge in [0, 0.05) is 27.1 Å². The summed E-state index contributed by atoms with van der Waals surface area (Å²) in [5.74, 6) is -0.457. The molecule has 0 spiro atoms. The first-order valence-electron chi connectivity index (χ1n) is 10.6. The average Bonchev–Trinajstić information content (AvgIpc) is 3.64. The molecule has 4 aromatic heterocycles. The van der Waals surface area contributed by atoms with E-state index < -0.39 is 5.91 Å². The number of pyridine rings is 1. The van der Waals surface area contributed by atoms with Gasteiger partial charge in [0.15, 0.2) is 5.78 Å². The standard InChI is InChI=1S/C26H17N5O2S3/c27-12-18-20(15-9-11-34-13-15)21-22(28)23(36-26(21)31-24(18)29)25(33)30-16-5-3-14(4-6-16)19(32)8-7-17-2-1-10-35-17/h1-11,13H,28H2,(H2,29,31)(H,30,33)/b8-7+. The van der Waals surface area contributed by atoms with Crippen LogP contribution in [0, 0.1) is 11.3 Å². The Kier molecular flexibility index (Phi) is 6.35. The predicted octanol–water partition coefficient (Wildman–Crippen LogP) is 6.27. The quantitative estimate of drug-likeness (QED) is 0.176. The lowest BCUT2D eigenvalue weighted by atomic mass is 9.99. The third kappa shape index (κ3) is 4.38. The van der Waals surface area contributed by atoms with Crippen LogP contribution in [0.1, 0.15) is 30.5 Å². The summed E-state index contributed by atoms with van der Waals surface area (Å²) in [6.07, 6.45) is 3.30. The van der Waals surface area contributed by atoms with Crippen LogP contribution >= 0.6 is 34.0 Å². The molecule has 5 rings (SSSR count). The largest absolute Gasteiger partial charge is 0.397 e. The number of allylic oxidation sites excluding steroid dienone is 1. The normalized spacial score (nSPS) is 11.1. The highest BCUT2D eigenvalue weighted by molar-refractivity contribution is 7.21. The van der Waals surface area contributed by atoms with E-state index in [-0.39, 0.29) is 27.7 Å². The molecule has 5 N–H and O–H groups in total. The zero-order valence-electron chi connectivity index (χ0n) is 18.5. The number of rotatable bonds is 6. The van der Waals surface area contributed by atoms with Crippen molar-refractivity contribution in [2.45, 2.75) is 0 Å². The molecular weight excluding hydrogens is 511 g/mol. The summed E-state index contributed by atoms with van der Waals surface area (Å²) in [6.45, 7) is 0. The van der Waals surface area contributed by atoms with Crippen molar-refractivity contribution in [1.29, 1.82) is 5.26 Å². The number of ketones is 1. The third-order valence-corrected chi connectivity index (χ3v) is 8.02. The van der Waals surface area contributed by atoms with Gasteiger partial charge in [0.05, 0.1) is 5.69 Å². The van der Waals surface area contributed by atoms with Gasteiger partial charge in [-0.1, -0.05) is 6.07 Å². The Hall–Kier alpha value is -4.30. The molecule has 1 aromatic carbocycles. The van der Waals surface area contributed by atoms with Crippen molar-refractivity contribution in [2.24, 2.45) is 0 Å². The number of nitrogens with one attached hydrogen (secondary N) is 1. The second-order valence-corrected chi connectivity index (χ2v) is 10.4. The van der Waals surface area contributed by atoms with Crippen molar-refractivity contribution >= 4 is 79.2 Å². The number of nitrogens with two attached hydrogens (primary N) is 2. The van der Waals surface area contributed by atoms with Crippen LogP contribution in [0.5, 0.6) is 0 Å². The monoisotopic (exact) mass is 527 g/mol. The molecule has 0 atom stereocenters. The Morgan fingerprint density at radius 3 is 2.56 bits per heavy atom. The van der Waals surface area contributed by atoms with E-state index in [1.165, 1.54) is 17.4 Å². The zero-order valence-corrected chi connectivity index (χ0v) is 21.0. The van der Waals surface area contributed by atoms with E-state index in [0.29, 0.717) is 27.0 Å². The Morgan fingerprint density at radius 1 is 1.08 bits per heavy atom. The van der Waals surface area contributed by atoms with Crippen LogP contribution in [0.25, 0.3) is 27.4 Å². The SMILES string of the molecule is N#Cc1c(N)nc2sc(C(=O)Nc3ccc(C(=O)/C=C/c4cccs4)cc3)c(N)c2c1-c1ccsc1. The molecule has 0 bridgehead atoms. The third-order valence-electron chi connectivity index (χ3n) is 5.40. The fraction of sp³-hybridized carbons (Fsp3) is 0. The first-order valence-corrected chi connectivity index (χ1v) is 13.2. The Labute approximate surface area is 218 Å². The first kappa shape index (κ1) is 23.4. The van der Waals surface area contributed by atoms with Gasteiger partial charge in [-0.15, -0.1) is 22.7 Å². The molecule has 0 saturated heterocycles. The molecule has 0 fully saturated rings. The van der Waals surface area contributed by atoms with Gasteiger partial charge in [-0.2, -0.15) is 16.6 Å². The van der Waals surface area contributed by atoms with Crippen LogP contribution in [0.4, 0.5) is 17.2 Å².